The monoisotopic (exact) mass is 280 g/mol. The number of nitrogens with zero attached hydrogens (tertiary/aromatic N) is 1. The van der Waals surface area contributed by atoms with Crippen LogP contribution in [-0.4, -0.2) is 29.9 Å². The van der Waals surface area contributed by atoms with Crippen LogP contribution in [0.5, 0.6) is 0 Å². The first-order chi connectivity index (χ1) is 9.71. The van der Waals surface area contributed by atoms with E-state index in [1.807, 2.05) is 0 Å². The average molecular weight is 280 g/mol. The van der Waals surface area contributed by atoms with Crippen molar-refractivity contribution >= 4 is 5.91 Å². The molecule has 2 N–H and O–H groups in total. The van der Waals surface area contributed by atoms with E-state index in [1.54, 1.807) is 0 Å². The van der Waals surface area contributed by atoms with Gasteiger partial charge in [-0.1, -0.05) is 32.6 Å². The van der Waals surface area contributed by atoms with Gasteiger partial charge in [0.05, 0.1) is 0 Å². The normalized spacial score (nSPS) is 26.5. The SMILES string of the molecule is CCCC1CCCCN1C(=O)CC1(CN)CCCCC1. The predicted molar refractivity (Wildman–Crippen MR) is 83.4 cm³/mol. The van der Waals surface area contributed by atoms with Gasteiger partial charge in [0.2, 0.25) is 5.91 Å². The quantitative estimate of drug-likeness (QED) is 0.838. The highest BCUT2D eigenvalue weighted by Gasteiger charge is 2.36. The zero-order valence-corrected chi connectivity index (χ0v) is 13.2. The molecular formula is C17H32N2O. The van der Waals surface area contributed by atoms with E-state index in [2.05, 4.69) is 11.8 Å². The van der Waals surface area contributed by atoms with Gasteiger partial charge in [0, 0.05) is 19.0 Å². The lowest BCUT2D eigenvalue weighted by molar-refractivity contribution is -0.138. The number of hydrogen-bond donors (Lipinski definition) is 1. The Labute approximate surface area is 124 Å². The van der Waals surface area contributed by atoms with E-state index in [0.29, 0.717) is 24.9 Å². The number of hydrogen-bond acceptors (Lipinski definition) is 2. The highest BCUT2D eigenvalue weighted by molar-refractivity contribution is 5.77. The summed E-state index contributed by atoms with van der Waals surface area (Å²) < 4.78 is 0. The molecule has 1 aliphatic heterocycles. The third-order valence-corrected chi connectivity index (χ3v) is 5.44. The van der Waals surface area contributed by atoms with E-state index in [9.17, 15) is 4.79 Å². The molecule has 0 radical (unpaired) electrons. The van der Waals surface area contributed by atoms with Gasteiger partial charge >= 0.3 is 0 Å². The number of piperidine rings is 1. The lowest BCUT2D eigenvalue weighted by Gasteiger charge is -2.41. The Balaban J connectivity index is 1.97. The molecule has 0 aromatic heterocycles. The summed E-state index contributed by atoms with van der Waals surface area (Å²) in [5.41, 5.74) is 6.15. The van der Waals surface area contributed by atoms with Crippen molar-refractivity contribution in [2.75, 3.05) is 13.1 Å². The summed E-state index contributed by atoms with van der Waals surface area (Å²) in [6, 6.07) is 0.500. The molecule has 116 valence electrons. The van der Waals surface area contributed by atoms with Crippen molar-refractivity contribution in [3.63, 3.8) is 0 Å². The topological polar surface area (TPSA) is 46.3 Å². The van der Waals surface area contributed by atoms with Gasteiger partial charge in [0.1, 0.15) is 0 Å². The second-order valence-corrected chi connectivity index (χ2v) is 6.97. The van der Waals surface area contributed by atoms with E-state index in [4.69, 9.17) is 5.73 Å². The van der Waals surface area contributed by atoms with Crippen molar-refractivity contribution in [3.8, 4) is 0 Å². The molecule has 0 spiro atoms. The molecule has 1 unspecified atom stereocenters. The molecule has 1 atom stereocenters. The smallest absolute Gasteiger partial charge is 0.223 e. The van der Waals surface area contributed by atoms with Gasteiger partial charge in [-0.15, -0.1) is 0 Å². The van der Waals surface area contributed by atoms with E-state index >= 15 is 0 Å². The molecule has 0 bridgehead atoms. The van der Waals surface area contributed by atoms with Gasteiger partial charge in [-0.3, -0.25) is 4.79 Å². The highest BCUT2D eigenvalue weighted by Crippen LogP contribution is 2.39. The Morgan fingerprint density at radius 2 is 1.95 bits per heavy atom. The summed E-state index contributed by atoms with van der Waals surface area (Å²) in [5.74, 6) is 0.385. The van der Waals surface area contributed by atoms with Crippen molar-refractivity contribution in [1.29, 1.82) is 0 Å². The van der Waals surface area contributed by atoms with Crippen molar-refractivity contribution < 1.29 is 4.79 Å². The number of carbonyl (C=O) groups excluding carboxylic acids is 1. The van der Waals surface area contributed by atoms with Gasteiger partial charge in [-0.2, -0.15) is 0 Å². The molecule has 2 aliphatic rings. The van der Waals surface area contributed by atoms with E-state index in [1.165, 1.54) is 51.4 Å². The molecule has 2 rings (SSSR count). The first-order valence-corrected chi connectivity index (χ1v) is 8.70. The third kappa shape index (κ3) is 3.75. The molecule has 1 saturated carbocycles. The van der Waals surface area contributed by atoms with Gasteiger partial charge in [0.25, 0.3) is 0 Å². The molecule has 1 amide bonds. The van der Waals surface area contributed by atoms with Crippen LogP contribution >= 0.6 is 0 Å². The summed E-state index contributed by atoms with van der Waals surface area (Å²) in [5, 5.41) is 0. The van der Waals surface area contributed by atoms with E-state index < -0.39 is 0 Å². The maximum Gasteiger partial charge on any atom is 0.223 e. The van der Waals surface area contributed by atoms with Gasteiger partial charge in [-0.25, -0.2) is 0 Å². The Bertz CT molecular complexity index is 308. The van der Waals surface area contributed by atoms with Crippen LogP contribution in [0.15, 0.2) is 0 Å². The van der Waals surface area contributed by atoms with Gasteiger partial charge in [0.15, 0.2) is 0 Å². The first-order valence-electron chi connectivity index (χ1n) is 8.70. The summed E-state index contributed by atoms with van der Waals surface area (Å²) in [6.07, 6.45) is 12.8. The van der Waals surface area contributed by atoms with Crippen molar-refractivity contribution in [2.45, 2.75) is 83.6 Å². The largest absolute Gasteiger partial charge is 0.340 e. The summed E-state index contributed by atoms with van der Waals surface area (Å²) >= 11 is 0. The lowest BCUT2D eigenvalue weighted by Crippen LogP contribution is -2.47. The molecule has 20 heavy (non-hydrogen) atoms. The minimum Gasteiger partial charge on any atom is -0.340 e. The maximum atomic E-state index is 12.8. The van der Waals surface area contributed by atoms with Crippen LogP contribution < -0.4 is 5.73 Å². The summed E-state index contributed by atoms with van der Waals surface area (Å²) in [4.78, 5) is 15.0. The van der Waals surface area contributed by atoms with Crippen LogP contribution in [0.25, 0.3) is 0 Å². The first kappa shape index (κ1) is 15.8. The number of likely N-dealkylation sites (tertiary alicyclic amines) is 1. The predicted octanol–water partition coefficient (Wildman–Crippen LogP) is 3.47. The van der Waals surface area contributed by atoms with Gasteiger partial charge < -0.3 is 10.6 Å². The lowest BCUT2D eigenvalue weighted by atomic mass is 9.71. The second kappa shape index (κ2) is 7.44. The Morgan fingerprint density at radius 3 is 2.60 bits per heavy atom. The Hall–Kier alpha value is -0.570. The second-order valence-electron chi connectivity index (χ2n) is 6.97. The molecule has 2 fully saturated rings. The zero-order valence-electron chi connectivity index (χ0n) is 13.2. The fraction of sp³-hybridized carbons (Fsp3) is 0.941. The number of carbonyl (C=O) groups is 1. The van der Waals surface area contributed by atoms with E-state index in [-0.39, 0.29) is 5.41 Å². The molecule has 3 heteroatoms. The molecule has 3 nitrogen and oxygen atoms in total. The highest BCUT2D eigenvalue weighted by atomic mass is 16.2. The number of nitrogens with two attached hydrogens (primary N) is 1. The minimum atomic E-state index is 0.115. The Morgan fingerprint density at radius 1 is 1.20 bits per heavy atom. The number of amides is 1. The molecule has 0 aromatic carbocycles. The molecule has 0 aromatic rings. The molecule has 1 heterocycles. The van der Waals surface area contributed by atoms with Crippen LogP contribution in [0.4, 0.5) is 0 Å². The summed E-state index contributed by atoms with van der Waals surface area (Å²) in [7, 11) is 0. The van der Waals surface area contributed by atoms with Crippen molar-refractivity contribution in [1.82, 2.24) is 4.90 Å². The minimum absolute atomic E-state index is 0.115. The van der Waals surface area contributed by atoms with Crippen LogP contribution in [0.2, 0.25) is 0 Å². The molecule has 1 aliphatic carbocycles. The van der Waals surface area contributed by atoms with Crippen LogP contribution in [0.1, 0.15) is 77.6 Å². The average Bonchev–Trinajstić information content (AvgIpc) is 2.49. The fourth-order valence-corrected chi connectivity index (χ4v) is 4.14. The molecular weight excluding hydrogens is 248 g/mol. The zero-order chi connectivity index (χ0) is 14.4. The summed E-state index contributed by atoms with van der Waals surface area (Å²) in [6.45, 7) is 3.88. The van der Waals surface area contributed by atoms with Crippen LogP contribution in [-0.2, 0) is 4.79 Å². The van der Waals surface area contributed by atoms with Crippen LogP contribution in [0.3, 0.4) is 0 Å². The fourth-order valence-electron chi connectivity index (χ4n) is 4.14. The standard InChI is InChI=1S/C17H32N2O/c1-2-8-15-9-4-7-12-19(15)16(20)13-17(14-18)10-5-3-6-11-17/h15H,2-14,18H2,1H3. The number of rotatable bonds is 5. The van der Waals surface area contributed by atoms with Crippen molar-refractivity contribution in [3.05, 3.63) is 0 Å². The third-order valence-electron chi connectivity index (χ3n) is 5.44. The molecule has 1 saturated heterocycles. The Kier molecular flexibility index (Phi) is 5.88. The van der Waals surface area contributed by atoms with Crippen molar-refractivity contribution in [2.24, 2.45) is 11.1 Å². The maximum absolute atomic E-state index is 12.8. The van der Waals surface area contributed by atoms with Crippen LogP contribution in [0, 0.1) is 5.41 Å². The van der Waals surface area contributed by atoms with Gasteiger partial charge in [-0.05, 0) is 50.5 Å². The van der Waals surface area contributed by atoms with E-state index in [0.717, 1.165) is 19.4 Å².